The highest BCUT2D eigenvalue weighted by Crippen LogP contribution is 2.40. The molecule has 36 heavy (non-hydrogen) atoms. The minimum absolute atomic E-state index is 0. The normalized spacial score (nSPS) is 12.9. The van der Waals surface area contributed by atoms with E-state index < -0.39 is 13.1 Å². The van der Waals surface area contributed by atoms with Crippen LogP contribution in [0.4, 0.5) is 28.8 Å². The number of nitro groups is 1. The van der Waals surface area contributed by atoms with E-state index in [0.29, 0.717) is 29.0 Å². The number of methoxy groups -OCH3 is 1. The van der Waals surface area contributed by atoms with Crippen molar-refractivity contribution in [2.75, 3.05) is 44.7 Å². The van der Waals surface area contributed by atoms with E-state index in [9.17, 15) is 10.1 Å². The van der Waals surface area contributed by atoms with Gasteiger partial charge < -0.3 is 24.8 Å². The quantitative estimate of drug-likeness (QED) is 0.210. The molecular formula is C23H29ClN6O4P2. The van der Waals surface area contributed by atoms with Crippen LogP contribution < -0.4 is 19.9 Å². The molecule has 1 aliphatic heterocycles. The van der Waals surface area contributed by atoms with E-state index in [1.807, 2.05) is 19.4 Å². The second-order valence-corrected chi connectivity index (χ2v) is 10.5. The van der Waals surface area contributed by atoms with Gasteiger partial charge in [0, 0.05) is 19.2 Å². The van der Waals surface area contributed by atoms with Crippen LogP contribution in [-0.2, 0) is 13.0 Å². The van der Waals surface area contributed by atoms with Crippen LogP contribution >= 0.6 is 29.6 Å². The van der Waals surface area contributed by atoms with Crippen molar-refractivity contribution in [2.45, 2.75) is 13.0 Å². The molecule has 13 heteroatoms. The van der Waals surface area contributed by atoms with Gasteiger partial charge in [-0.2, -0.15) is 14.9 Å². The topological polar surface area (TPSA) is 115 Å². The first-order valence-electron chi connectivity index (χ1n) is 10.8. The summed E-state index contributed by atoms with van der Waals surface area (Å²) in [5.74, 6) is 1.69. The zero-order valence-electron chi connectivity index (χ0n) is 20.5. The van der Waals surface area contributed by atoms with Crippen molar-refractivity contribution in [3.05, 3.63) is 62.8 Å². The Hall–Kier alpha value is -2.77. The molecule has 0 fully saturated rings. The predicted octanol–water partition coefficient (Wildman–Crippen LogP) is 5.62. The van der Waals surface area contributed by atoms with Crippen LogP contribution in [0.15, 0.2) is 36.5 Å². The molecule has 0 saturated carbocycles. The summed E-state index contributed by atoms with van der Waals surface area (Å²) in [5.41, 5.74) is 3.67. The van der Waals surface area contributed by atoms with Gasteiger partial charge in [0.25, 0.3) is 5.69 Å². The Bertz CT molecular complexity index is 1260. The fourth-order valence-corrected chi connectivity index (χ4v) is 4.44. The standard InChI is InChI=1S/C23H26ClN6O4P.H3P/c1-29-8-7-14-10-20(33-2)19(9-15(14)13-29)27-23-25-12-17(24)22(28-23)26-18-6-5-16(30(31)32)11-21(18)34-35(3)4;/h5-6,9-12H,7-8,13H2,1-4H3,(H2,25,26,27,28);1H3. The van der Waals surface area contributed by atoms with Gasteiger partial charge >= 0.3 is 0 Å². The molecule has 3 aromatic rings. The first kappa shape index (κ1) is 27.8. The highest BCUT2D eigenvalue weighted by Gasteiger charge is 2.19. The second-order valence-electron chi connectivity index (χ2n) is 8.29. The number of rotatable bonds is 8. The molecule has 2 N–H and O–H groups in total. The molecule has 2 aromatic carbocycles. The summed E-state index contributed by atoms with van der Waals surface area (Å²) >= 11 is 6.37. The van der Waals surface area contributed by atoms with Gasteiger partial charge in [0.05, 0.1) is 43.8 Å². The molecule has 0 bridgehead atoms. The number of nitrogens with one attached hydrogen (secondary N) is 2. The van der Waals surface area contributed by atoms with Crippen molar-refractivity contribution in [3.8, 4) is 11.5 Å². The number of benzene rings is 2. The molecule has 2 heterocycles. The SMILES string of the molecule is COc1cc2c(cc1Nc1ncc(Cl)c(Nc3ccc([N+](=O)[O-])cc3OP(C)C)n1)CN(C)CC2.P. The van der Waals surface area contributed by atoms with E-state index in [2.05, 4.69) is 38.6 Å². The van der Waals surface area contributed by atoms with Gasteiger partial charge in [-0.1, -0.05) is 11.6 Å². The summed E-state index contributed by atoms with van der Waals surface area (Å²) in [5, 5.41) is 17.9. The maximum Gasteiger partial charge on any atom is 0.273 e. The van der Waals surface area contributed by atoms with E-state index in [1.165, 1.54) is 29.5 Å². The minimum Gasteiger partial charge on any atom is -0.495 e. The lowest BCUT2D eigenvalue weighted by Crippen LogP contribution is -2.26. The summed E-state index contributed by atoms with van der Waals surface area (Å²) < 4.78 is 11.4. The largest absolute Gasteiger partial charge is 0.495 e. The molecule has 0 spiro atoms. The average Bonchev–Trinajstić information content (AvgIpc) is 2.81. The molecule has 0 radical (unpaired) electrons. The Kier molecular flexibility index (Phi) is 9.25. The molecule has 1 atom stereocenters. The number of nitro benzene ring substituents is 1. The van der Waals surface area contributed by atoms with Crippen molar-refractivity contribution < 1.29 is 14.2 Å². The lowest BCUT2D eigenvalue weighted by atomic mass is 9.99. The molecule has 192 valence electrons. The van der Waals surface area contributed by atoms with E-state index in [4.69, 9.17) is 20.9 Å². The maximum atomic E-state index is 11.2. The zero-order chi connectivity index (χ0) is 25.1. The van der Waals surface area contributed by atoms with Crippen LogP contribution in [0, 0.1) is 10.1 Å². The highest BCUT2D eigenvalue weighted by atomic mass is 35.5. The minimum atomic E-state index is -0.818. The Labute approximate surface area is 219 Å². The number of nitrogens with zero attached hydrogens (tertiary/aromatic N) is 4. The second kappa shape index (κ2) is 12.0. The third kappa shape index (κ3) is 6.51. The van der Waals surface area contributed by atoms with Crippen LogP contribution in [0.1, 0.15) is 11.1 Å². The number of hydrogen-bond donors (Lipinski definition) is 2. The molecule has 10 nitrogen and oxygen atoms in total. The van der Waals surface area contributed by atoms with Crippen LogP contribution in [0.25, 0.3) is 0 Å². The molecule has 0 amide bonds. The number of halogens is 1. The Morgan fingerprint density at radius 1 is 1.14 bits per heavy atom. The first-order chi connectivity index (χ1) is 16.7. The van der Waals surface area contributed by atoms with Gasteiger partial charge in [0.2, 0.25) is 5.95 Å². The van der Waals surface area contributed by atoms with E-state index in [1.54, 1.807) is 13.2 Å². The molecular weight excluding hydrogens is 522 g/mol. The number of likely N-dealkylation sites (N-methyl/N-ethyl adjacent to an activating group) is 1. The van der Waals surface area contributed by atoms with Crippen LogP contribution in [0.5, 0.6) is 11.5 Å². The van der Waals surface area contributed by atoms with Crippen molar-refractivity contribution in [1.29, 1.82) is 0 Å². The van der Waals surface area contributed by atoms with E-state index in [0.717, 1.165) is 25.2 Å². The highest BCUT2D eigenvalue weighted by molar-refractivity contribution is 7.51. The van der Waals surface area contributed by atoms with Crippen molar-refractivity contribution in [2.24, 2.45) is 0 Å². The fourth-order valence-electron chi connectivity index (χ4n) is 3.76. The predicted molar refractivity (Wildman–Crippen MR) is 150 cm³/mol. The number of anilines is 4. The van der Waals surface area contributed by atoms with Crippen LogP contribution in [-0.4, -0.2) is 53.8 Å². The van der Waals surface area contributed by atoms with Crippen molar-refractivity contribution in [1.82, 2.24) is 14.9 Å². The summed E-state index contributed by atoms with van der Waals surface area (Å²) in [6, 6.07) is 8.46. The molecule has 1 aromatic heterocycles. The third-order valence-electron chi connectivity index (χ3n) is 5.43. The monoisotopic (exact) mass is 550 g/mol. The van der Waals surface area contributed by atoms with Crippen molar-refractivity contribution >= 4 is 58.5 Å². The Morgan fingerprint density at radius 3 is 2.61 bits per heavy atom. The summed E-state index contributed by atoms with van der Waals surface area (Å²) in [7, 11) is 2.91. The summed E-state index contributed by atoms with van der Waals surface area (Å²) in [4.78, 5) is 21.9. The third-order valence-corrected chi connectivity index (χ3v) is 6.26. The van der Waals surface area contributed by atoms with Crippen molar-refractivity contribution in [3.63, 3.8) is 0 Å². The van der Waals surface area contributed by atoms with Gasteiger partial charge in [-0.15, -0.1) is 0 Å². The molecule has 1 aliphatic rings. The molecule has 0 aliphatic carbocycles. The maximum absolute atomic E-state index is 11.2. The summed E-state index contributed by atoms with van der Waals surface area (Å²) in [6.45, 7) is 5.66. The molecule has 4 rings (SSSR count). The van der Waals surface area contributed by atoms with Gasteiger partial charge in [-0.05, 0) is 56.1 Å². The Morgan fingerprint density at radius 2 is 1.92 bits per heavy atom. The number of aromatic nitrogens is 2. The number of ether oxygens (including phenoxy) is 1. The lowest BCUT2D eigenvalue weighted by molar-refractivity contribution is -0.384. The first-order valence-corrected chi connectivity index (χ1v) is 13.4. The van der Waals surface area contributed by atoms with E-state index in [-0.39, 0.29) is 20.6 Å². The molecule has 0 saturated heterocycles. The van der Waals surface area contributed by atoms with Crippen LogP contribution in [0.3, 0.4) is 0 Å². The number of fused-ring (bicyclic) bond motifs is 1. The van der Waals surface area contributed by atoms with Gasteiger partial charge in [0.1, 0.15) is 10.8 Å². The molecule has 1 unspecified atom stereocenters. The van der Waals surface area contributed by atoms with Gasteiger partial charge in [-0.3, -0.25) is 10.1 Å². The summed E-state index contributed by atoms with van der Waals surface area (Å²) in [6.07, 6.45) is 2.45. The lowest BCUT2D eigenvalue weighted by Gasteiger charge is -2.26. The zero-order valence-corrected chi connectivity index (χ0v) is 23.6. The Balaban J connectivity index is 0.00000361. The average molecular weight is 551 g/mol. The van der Waals surface area contributed by atoms with E-state index >= 15 is 0 Å². The van der Waals surface area contributed by atoms with Crippen LogP contribution in [0.2, 0.25) is 5.02 Å². The van der Waals surface area contributed by atoms with Gasteiger partial charge in [-0.25, -0.2) is 4.98 Å². The number of hydrogen-bond acceptors (Lipinski definition) is 9. The fraction of sp³-hybridized carbons (Fsp3) is 0.304. The van der Waals surface area contributed by atoms with Gasteiger partial charge in [0.15, 0.2) is 11.6 Å². The number of non-ortho nitro benzene ring substituents is 1. The smallest absolute Gasteiger partial charge is 0.273 e.